The van der Waals surface area contributed by atoms with Gasteiger partial charge in [0.05, 0.1) is 6.61 Å². The van der Waals surface area contributed by atoms with Gasteiger partial charge in [0.1, 0.15) is 11.5 Å². The van der Waals surface area contributed by atoms with Crippen molar-refractivity contribution in [1.29, 1.82) is 0 Å². The van der Waals surface area contributed by atoms with Crippen molar-refractivity contribution in [3.63, 3.8) is 0 Å². The van der Waals surface area contributed by atoms with Crippen LogP contribution in [0.3, 0.4) is 0 Å². The van der Waals surface area contributed by atoms with E-state index in [0.29, 0.717) is 24.5 Å². The summed E-state index contributed by atoms with van der Waals surface area (Å²) in [4.78, 5) is 12.4. The van der Waals surface area contributed by atoms with Gasteiger partial charge >= 0.3 is 0 Å². The first kappa shape index (κ1) is 16.9. The first-order valence-electron chi connectivity index (χ1n) is 7.89. The molecule has 0 fully saturated rings. The van der Waals surface area contributed by atoms with Crippen LogP contribution in [0, 0.1) is 6.92 Å². The summed E-state index contributed by atoms with van der Waals surface area (Å²) < 4.78 is 11.2. The van der Waals surface area contributed by atoms with E-state index in [0.717, 1.165) is 11.3 Å². The maximum atomic E-state index is 12.4. The molecule has 0 aliphatic carbocycles. The minimum Gasteiger partial charge on any atom is -0.494 e. The van der Waals surface area contributed by atoms with Crippen molar-refractivity contribution in [1.82, 2.24) is 0 Å². The molecule has 0 bridgehead atoms. The van der Waals surface area contributed by atoms with Crippen LogP contribution in [0.5, 0.6) is 11.5 Å². The van der Waals surface area contributed by atoms with Crippen LogP contribution in [0.15, 0.2) is 48.5 Å². The minimum atomic E-state index is -0.534. The molecule has 1 atom stereocenters. The summed E-state index contributed by atoms with van der Waals surface area (Å²) in [6, 6.07) is 15.0. The lowest BCUT2D eigenvalue weighted by Gasteiger charge is -2.17. The molecule has 2 aromatic carbocycles. The fourth-order valence-corrected chi connectivity index (χ4v) is 2.16. The molecule has 1 unspecified atom stereocenters. The molecule has 0 aliphatic heterocycles. The molecule has 1 N–H and O–H groups in total. The largest absolute Gasteiger partial charge is 0.494 e. The lowest BCUT2D eigenvalue weighted by atomic mass is 10.2. The highest BCUT2D eigenvalue weighted by atomic mass is 16.5. The first-order valence-corrected chi connectivity index (χ1v) is 7.89. The molecular weight excluding hydrogens is 290 g/mol. The van der Waals surface area contributed by atoms with Crippen LogP contribution >= 0.6 is 0 Å². The van der Waals surface area contributed by atoms with Gasteiger partial charge in [0, 0.05) is 11.8 Å². The highest BCUT2D eigenvalue weighted by Gasteiger charge is 2.18. The van der Waals surface area contributed by atoms with Crippen LogP contribution in [0.2, 0.25) is 0 Å². The van der Waals surface area contributed by atoms with E-state index in [-0.39, 0.29) is 5.91 Å². The van der Waals surface area contributed by atoms with Crippen LogP contribution in [0.25, 0.3) is 0 Å². The maximum absolute atomic E-state index is 12.4. The number of amides is 1. The third-order valence-electron chi connectivity index (χ3n) is 3.38. The Labute approximate surface area is 137 Å². The van der Waals surface area contributed by atoms with Crippen molar-refractivity contribution in [2.75, 3.05) is 11.9 Å². The zero-order chi connectivity index (χ0) is 16.7. The van der Waals surface area contributed by atoms with E-state index >= 15 is 0 Å². The predicted molar refractivity (Wildman–Crippen MR) is 92.1 cm³/mol. The Morgan fingerprint density at radius 2 is 1.83 bits per heavy atom. The number of aryl methyl sites for hydroxylation is 1. The van der Waals surface area contributed by atoms with Gasteiger partial charge in [-0.25, -0.2) is 0 Å². The number of hydrogen-bond acceptors (Lipinski definition) is 3. The van der Waals surface area contributed by atoms with Gasteiger partial charge in [0.25, 0.3) is 5.91 Å². The van der Waals surface area contributed by atoms with Gasteiger partial charge in [-0.3, -0.25) is 4.79 Å². The molecule has 0 saturated carbocycles. The zero-order valence-corrected chi connectivity index (χ0v) is 13.8. The Morgan fingerprint density at radius 1 is 1.09 bits per heavy atom. The molecule has 4 nitrogen and oxygen atoms in total. The second-order valence-electron chi connectivity index (χ2n) is 5.28. The van der Waals surface area contributed by atoms with Crippen molar-refractivity contribution >= 4 is 11.6 Å². The van der Waals surface area contributed by atoms with Crippen molar-refractivity contribution in [3.05, 3.63) is 54.1 Å². The molecule has 4 heteroatoms. The van der Waals surface area contributed by atoms with Crippen LogP contribution in [0.4, 0.5) is 5.69 Å². The summed E-state index contributed by atoms with van der Waals surface area (Å²) in [7, 11) is 0. The van der Waals surface area contributed by atoms with Gasteiger partial charge in [0.2, 0.25) is 0 Å². The second-order valence-corrected chi connectivity index (χ2v) is 5.28. The monoisotopic (exact) mass is 313 g/mol. The normalized spacial score (nSPS) is 11.6. The number of carbonyl (C=O) groups excluding carboxylic acids is 1. The number of rotatable bonds is 7. The predicted octanol–water partition coefficient (Wildman–Crippen LogP) is 4.19. The quantitative estimate of drug-likeness (QED) is 0.833. The number of nitrogens with one attached hydrogen (secondary N) is 1. The summed E-state index contributed by atoms with van der Waals surface area (Å²) in [5, 5.41) is 2.88. The lowest BCUT2D eigenvalue weighted by molar-refractivity contribution is -0.122. The molecular formula is C19H23NO3. The molecule has 122 valence electrons. The maximum Gasteiger partial charge on any atom is 0.265 e. The average Bonchev–Trinajstić information content (AvgIpc) is 2.55. The number of carbonyl (C=O) groups is 1. The summed E-state index contributed by atoms with van der Waals surface area (Å²) in [5.74, 6) is 1.26. The summed E-state index contributed by atoms with van der Waals surface area (Å²) in [6.07, 6.45) is 0.0543. The topological polar surface area (TPSA) is 47.6 Å². The molecule has 0 spiro atoms. The van der Waals surface area contributed by atoms with Gasteiger partial charge in [-0.1, -0.05) is 30.7 Å². The van der Waals surface area contributed by atoms with Gasteiger partial charge in [-0.15, -0.1) is 0 Å². The van der Waals surface area contributed by atoms with Crippen LogP contribution < -0.4 is 14.8 Å². The number of anilines is 1. The molecule has 1 amide bonds. The van der Waals surface area contributed by atoms with E-state index in [4.69, 9.17) is 9.47 Å². The highest BCUT2D eigenvalue weighted by molar-refractivity contribution is 5.94. The third kappa shape index (κ3) is 5.02. The van der Waals surface area contributed by atoms with Crippen LogP contribution in [-0.2, 0) is 4.79 Å². The smallest absolute Gasteiger partial charge is 0.265 e. The Kier molecular flexibility index (Phi) is 6.03. The van der Waals surface area contributed by atoms with E-state index < -0.39 is 6.10 Å². The standard InChI is InChI=1S/C19H23NO3/c1-4-18(23-16-11-9-14(3)10-12-16)19(21)20-15-7-6-8-17(13-15)22-5-2/h6-13,18H,4-5H2,1-3H3,(H,20,21). The van der Waals surface area contributed by atoms with E-state index in [1.165, 1.54) is 0 Å². The highest BCUT2D eigenvalue weighted by Crippen LogP contribution is 2.19. The second kappa shape index (κ2) is 8.22. The molecule has 0 radical (unpaired) electrons. The SMILES string of the molecule is CCOc1cccc(NC(=O)C(CC)Oc2ccc(C)cc2)c1. The molecule has 23 heavy (non-hydrogen) atoms. The fraction of sp³-hybridized carbons (Fsp3) is 0.316. The Balaban J connectivity index is 2.02. The molecule has 2 rings (SSSR count). The molecule has 0 heterocycles. The summed E-state index contributed by atoms with van der Waals surface area (Å²) >= 11 is 0. The van der Waals surface area contributed by atoms with E-state index in [1.807, 2.05) is 63.2 Å². The average molecular weight is 313 g/mol. The van der Waals surface area contributed by atoms with Crippen molar-refractivity contribution < 1.29 is 14.3 Å². The Hall–Kier alpha value is -2.49. The van der Waals surface area contributed by atoms with Gasteiger partial charge in [-0.2, -0.15) is 0 Å². The number of hydrogen-bond donors (Lipinski definition) is 1. The number of ether oxygens (including phenoxy) is 2. The van der Waals surface area contributed by atoms with E-state index in [1.54, 1.807) is 6.07 Å². The van der Waals surface area contributed by atoms with Gasteiger partial charge < -0.3 is 14.8 Å². The Bertz CT molecular complexity index is 637. The minimum absolute atomic E-state index is 0.165. The van der Waals surface area contributed by atoms with Crippen LogP contribution in [-0.4, -0.2) is 18.6 Å². The summed E-state index contributed by atoms with van der Waals surface area (Å²) in [5.41, 5.74) is 1.86. The third-order valence-corrected chi connectivity index (χ3v) is 3.38. The first-order chi connectivity index (χ1) is 11.1. The van der Waals surface area contributed by atoms with E-state index in [9.17, 15) is 4.79 Å². The molecule has 0 aromatic heterocycles. The van der Waals surface area contributed by atoms with Gasteiger partial charge in [-0.05, 0) is 44.5 Å². The van der Waals surface area contributed by atoms with Crippen molar-refractivity contribution in [2.45, 2.75) is 33.3 Å². The lowest BCUT2D eigenvalue weighted by Crippen LogP contribution is -2.32. The van der Waals surface area contributed by atoms with Crippen molar-refractivity contribution in [3.8, 4) is 11.5 Å². The Morgan fingerprint density at radius 3 is 2.48 bits per heavy atom. The summed E-state index contributed by atoms with van der Waals surface area (Å²) in [6.45, 7) is 6.45. The van der Waals surface area contributed by atoms with Crippen LogP contribution in [0.1, 0.15) is 25.8 Å². The molecule has 2 aromatic rings. The fourth-order valence-electron chi connectivity index (χ4n) is 2.16. The van der Waals surface area contributed by atoms with Crippen molar-refractivity contribution in [2.24, 2.45) is 0 Å². The number of benzene rings is 2. The van der Waals surface area contributed by atoms with Gasteiger partial charge in [0.15, 0.2) is 6.10 Å². The molecule has 0 aliphatic rings. The molecule has 0 saturated heterocycles. The zero-order valence-electron chi connectivity index (χ0n) is 13.8. The van der Waals surface area contributed by atoms with E-state index in [2.05, 4.69) is 5.32 Å².